The van der Waals surface area contributed by atoms with Crippen LogP contribution in [0.4, 0.5) is 4.39 Å². The molecule has 0 bridgehead atoms. The molecule has 0 aliphatic rings. The van der Waals surface area contributed by atoms with E-state index >= 15 is 0 Å². The maximum atomic E-state index is 13.2. The van der Waals surface area contributed by atoms with Crippen LogP contribution in [-0.2, 0) is 6.61 Å². The number of hydrogen-bond acceptors (Lipinski definition) is 5. The lowest BCUT2D eigenvalue weighted by molar-refractivity contribution is 0.305. The van der Waals surface area contributed by atoms with Crippen molar-refractivity contribution in [1.82, 2.24) is 9.97 Å². The van der Waals surface area contributed by atoms with Gasteiger partial charge in [-0.2, -0.15) is 5.26 Å². The monoisotopic (exact) mass is 367 g/mol. The van der Waals surface area contributed by atoms with Gasteiger partial charge in [0.05, 0.1) is 5.69 Å². The van der Waals surface area contributed by atoms with Gasteiger partial charge >= 0.3 is 0 Å². The highest BCUT2D eigenvalue weighted by Gasteiger charge is 2.13. The Kier molecular flexibility index (Phi) is 5.34. The van der Waals surface area contributed by atoms with Crippen molar-refractivity contribution in [2.24, 2.45) is 0 Å². The number of hydrogen-bond donors (Lipinski definition) is 1. The quantitative estimate of drug-likeness (QED) is 0.549. The minimum atomic E-state index is -0.479. The molecule has 3 aromatic rings. The summed E-state index contributed by atoms with van der Waals surface area (Å²) in [5.74, 6) is 0.208. The first-order chi connectivity index (χ1) is 12.6. The molecule has 26 heavy (non-hydrogen) atoms. The lowest BCUT2D eigenvalue weighted by Crippen LogP contribution is -2.14. The summed E-state index contributed by atoms with van der Waals surface area (Å²) >= 11 is 1.28. The van der Waals surface area contributed by atoms with Crippen LogP contribution >= 0.6 is 11.8 Å². The molecule has 0 spiro atoms. The summed E-state index contributed by atoms with van der Waals surface area (Å²) in [5, 5.41) is 9.71. The van der Waals surface area contributed by atoms with Crippen molar-refractivity contribution >= 4 is 11.8 Å². The number of ether oxygens (including phenoxy) is 1. The third-order valence-electron chi connectivity index (χ3n) is 3.60. The molecule has 130 valence electrons. The van der Waals surface area contributed by atoms with Gasteiger partial charge in [-0.05, 0) is 36.1 Å². The fourth-order valence-corrected chi connectivity index (χ4v) is 2.77. The summed E-state index contributed by atoms with van der Waals surface area (Å²) in [7, 11) is 0. The Morgan fingerprint density at radius 3 is 2.81 bits per heavy atom. The van der Waals surface area contributed by atoms with E-state index in [0.29, 0.717) is 27.7 Å². The first-order valence-corrected chi connectivity index (χ1v) is 8.89. The van der Waals surface area contributed by atoms with Crippen molar-refractivity contribution in [3.63, 3.8) is 0 Å². The maximum absolute atomic E-state index is 13.2. The molecule has 2 aromatic carbocycles. The number of nitriles is 1. The third-order valence-corrected chi connectivity index (χ3v) is 4.18. The second-order valence-corrected chi connectivity index (χ2v) is 6.15. The highest BCUT2D eigenvalue weighted by atomic mass is 32.2. The number of benzene rings is 2. The van der Waals surface area contributed by atoms with Crippen LogP contribution in [0.1, 0.15) is 11.1 Å². The molecule has 0 fully saturated rings. The smallest absolute Gasteiger partial charge is 0.270 e. The largest absolute Gasteiger partial charge is 0.489 e. The molecule has 1 aromatic heterocycles. The Bertz CT molecular complexity index is 1040. The van der Waals surface area contributed by atoms with Crippen LogP contribution in [0.2, 0.25) is 0 Å². The predicted octanol–water partition coefficient (Wildman–Crippen LogP) is 3.75. The standard InChI is InChI=1S/C19H14FN3O2S/c1-26-19-22-17(16(10-21)18(24)23-19)13-5-3-7-15(9-13)25-11-12-4-2-6-14(20)8-12/h2-9H,11H2,1H3,(H,22,23,24). The second-order valence-electron chi connectivity index (χ2n) is 5.36. The fourth-order valence-electron chi connectivity index (χ4n) is 2.39. The van der Waals surface area contributed by atoms with E-state index in [1.165, 1.54) is 23.9 Å². The number of aromatic nitrogens is 2. The van der Waals surface area contributed by atoms with Crippen molar-refractivity contribution in [3.05, 3.63) is 75.8 Å². The van der Waals surface area contributed by atoms with Gasteiger partial charge in [0.1, 0.15) is 29.8 Å². The van der Waals surface area contributed by atoms with Gasteiger partial charge < -0.3 is 9.72 Å². The van der Waals surface area contributed by atoms with Gasteiger partial charge in [-0.1, -0.05) is 36.0 Å². The molecule has 0 atom stereocenters. The Balaban J connectivity index is 1.91. The maximum Gasteiger partial charge on any atom is 0.270 e. The molecule has 0 aliphatic carbocycles. The van der Waals surface area contributed by atoms with Gasteiger partial charge in [0.25, 0.3) is 5.56 Å². The van der Waals surface area contributed by atoms with Gasteiger partial charge in [0.2, 0.25) is 0 Å². The summed E-state index contributed by atoms with van der Waals surface area (Å²) in [6.07, 6.45) is 1.78. The first kappa shape index (κ1) is 17.7. The van der Waals surface area contributed by atoms with Crippen molar-refractivity contribution in [3.8, 4) is 23.1 Å². The molecule has 5 nitrogen and oxygen atoms in total. The fraction of sp³-hybridized carbons (Fsp3) is 0.105. The van der Waals surface area contributed by atoms with Crippen molar-refractivity contribution in [2.75, 3.05) is 6.26 Å². The molecule has 0 radical (unpaired) electrons. The molecular formula is C19H14FN3O2S. The number of halogens is 1. The summed E-state index contributed by atoms with van der Waals surface area (Å²) in [6, 6.07) is 15.0. The number of rotatable bonds is 5. The van der Waals surface area contributed by atoms with Crippen LogP contribution < -0.4 is 10.3 Å². The summed E-state index contributed by atoms with van der Waals surface area (Å²) in [6.45, 7) is 0.200. The van der Waals surface area contributed by atoms with Crippen molar-refractivity contribution in [1.29, 1.82) is 5.26 Å². The van der Waals surface area contributed by atoms with E-state index in [4.69, 9.17) is 4.74 Å². The first-order valence-electron chi connectivity index (χ1n) is 7.67. The predicted molar refractivity (Wildman–Crippen MR) is 97.5 cm³/mol. The molecule has 0 amide bonds. The number of thioether (sulfide) groups is 1. The molecule has 1 heterocycles. The highest BCUT2D eigenvalue weighted by Crippen LogP contribution is 2.25. The van der Waals surface area contributed by atoms with Crippen LogP contribution in [-0.4, -0.2) is 16.2 Å². The Morgan fingerprint density at radius 1 is 1.27 bits per heavy atom. The molecule has 0 unspecified atom stereocenters. The number of nitrogens with one attached hydrogen (secondary N) is 1. The van der Waals surface area contributed by atoms with Gasteiger partial charge in [0.15, 0.2) is 5.16 Å². The van der Waals surface area contributed by atoms with E-state index < -0.39 is 5.56 Å². The lowest BCUT2D eigenvalue weighted by Gasteiger charge is -2.09. The van der Waals surface area contributed by atoms with E-state index in [-0.39, 0.29) is 18.0 Å². The SMILES string of the molecule is CSc1nc(-c2cccc(OCc3cccc(F)c3)c2)c(C#N)c(=O)[nH]1. The van der Waals surface area contributed by atoms with Crippen LogP contribution in [0.15, 0.2) is 58.5 Å². The van der Waals surface area contributed by atoms with Gasteiger partial charge in [-0.3, -0.25) is 4.79 Å². The van der Waals surface area contributed by atoms with E-state index in [2.05, 4.69) is 9.97 Å². The zero-order valence-corrected chi connectivity index (χ0v) is 14.6. The minimum absolute atomic E-state index is 0.0509. The molecule has 7 heteroatoms. The Labute approximate surface area is 153 Å². The van der Waals surface area contributed by atoms with Crippen molar-refractivity contribution in [2.45, 2.75) is 11.8 Å². The molecule has 0 saturated heterocycles. The van der Waals surface area contributed by atoms with E-state index in [1.54, 1.807) is 42.7 Å². The zero-order valence-electron chi connectivity index (χ0n) is 13.8. The molecule has 0 aliphatic heterocycles. The number of H-pyrrole nitrogens is 1. The number of aromatic amines is 1. The minimum Gasteiger partial charge on any atom is -0.489 e. The summed E-state index contributed by atoms with van der Waals surface area (Å²) < 4.78 is 18.9. The normalized spacial score (nSPS) is 10.3. The highest BCUT2D eigenvalue weighted by molar-refractivity contribution is 7.98. The Morgan fingerprint density at radius 2 is 2.08 bits per heavy atom. The summed E-state index contributed by atoms with van der Waals surface area (Å²) in [5.41, 5.74) is 1.07. The van der Waals surface area contributed by atoms with Gasteiger partial charge in [-0.25, -0.2) is 9.37 Å². The average molecular weight is 367 g/mol. The summed E-state index contributed by atoms with van der Waals surface area (Å²) in [4.78, 5) is 19.0. The average Bonchev–Trinajstić information content (AvgIpc) is 2.66. The third kappa shape index (κ3) is 3.92. The van der Waals surface area contributed by atoms with Crippen LogP contribution in [0, 0.1) is 17.1 Å². The lowest BCUT2D eigenvalue weighted by atomic mass is 10.1. The van der Waals surface area contributed by atoms with Gasteiger partial charge in [-0.15, -0.1) is 0 Å². The molecule has 3 rings (SSSR count). The second kappa shape index (κ2) is 7.85. The van der Waals surface area contributed by atoms with Crippen molar-refractivity contribution < 1.29 is 9.13 Å². The topological polar surface area (TPSA) is 78.8 Å². The van der Waals surface area contributed by atoms with Crippen LogP contribution in [0.5, 0.6) is 5.75 Å². The van der Waals surface area contributed by atoms with E-state index in [0.717, 1.165) is 0 Å². The van der Waals surface area contributed by atoms with E-state index in [1.807, 2.05) is 6.07 Å². The van der Waals surface area contributed by atoms with Crippen LogP contribution in [0.3, 0.4) is 0 Å². The van der Waals surface area contributed by atoms with Crippen LogP contribution in [0.25, 0.3) is 11.3 Å². The number of nitrogens with zero attached hydrogens (tertiary/aromatic N) is 2. The molecular weight excluding hydrogens is 353 g/mol. The van der Waals surface area contributed by atoms with Gasteiger partial charge in [0, 0.05) is 5.56 Å². The zero-order chi connectivity index (χ0) is 18.5. The van der Waals surface area contributed by atoms with E-state index in [9.17, 15) is 14.4 Å². The molecule has 1 N–H and O–H groups in total. The molecule has 0 saturated carbocycles. The Hall–Kier alpha value is -3.11.